The average molecular weight is 406 g/mol. The molecule has 5 nitrogen and oxygen atoms in total. The van der Waals surface area contributed by atoms with Crippen LogP contribution in [-0.2, 0) is 0 Å². The maximum Gasteiger partial charge on any atom is 0.439 e. The van der Waals surface area contributed by atoms with Crippen molar-refractivity contribution in [2.45, 2.75) is 51.9 Å². The molecule has 0 radical (unpaired) electrons. The fourth-order valence-electron chi connectivity index (χ4n) is 3.81. The number of thiazole rings is 1. The van der Waals surface area contributed by atoms with Crippen molar-refractivity contribution in [3.05, 3.63) is 11.1 Å². The van der Waals surface area contributed by atoms with E-state index in [1.165, 1.54) is 5.38 Å². The minimum Gasteiger partial charge on any atom is -0.388 e. The van der Waals surface area contributed by atoms with Crippen LogP contribution in [0.4, 0.5) is 18.3 Å². The average Bonchev–Trinajstić information content (AvgIpc) is 3.09. The summed E-state index contributed by atoms with van der Waals surface area (Å²) in [5.74, 6) is -1.26. The third-order valence-electron chi connectivity index (χ3n) is 5.11. The first-order chi connectivity index (χ1) is 11.9. The summed E-state index contributed by atoms with van der Waals surface area (Å²) in [7, 11) is 0. The van der Waals surface area contributed by atoms with Crippen molar-refractivity contribution in [1.82, 2.24) is 4.98 Å². The van der Waals surface area contributed by atoms with Crippen LogP contribution in [0.25, 0.3) is 0 Å². The molecule has 3 atom stereocenters. The molecule has 1 aliphatic heterocycles. The van der Waals surface area contributed by atoms with Gasteiger partial charge in [0.15, 0.2) is 0 Å². The smallest absolute Gasteiger partial charge is 0.388 e. The van der Waals surface area contributed by atoms with E-state index in [-0.39, 0.29) is 33.6 Å². The van der Waals surface area contributed by atoms with Gasteiger partial charge < -0.3 is 10.8 Å². The van der Waals surface area contributed by atoms with Gasteiger partial charge in [-0.2, -0.15) is 23.3 Å². The van der Waals surface area contributed by atoms with Crippen LogP contribution in [0.1, 0.15) is 45.7 Å². The molecule has 3 rings (SSSR count). The molecule has 144 valence electrons. The van der Waals surface area contributed by atoms with Crippen LogP contribution in [0.2, 0.25) is 0 Å². The van der Waals surface area contributed by atoms with Gasteiger partial charge in [0.05, 0.1) is 11.6 Å². The number of nitrogens with two attached hydrogens (primary N) is 1. The van der Waals surface area contributed by atoms with Crippen LogP contribution >= 0.6 is 23.6 Å². The molecule has 1 aromatic heterocycles. The summed E-state index contributed by atoms with van der Waals surface area (Å²) in [6.07, 6.45) is -3.31. The Bertz CT molecular complexity index is 755. The van der Waals surface area contributed by atoms with Crippen molar-refractivity contribution in [2.24, 2.45) is 28.1 Å². The Kier molecular flexibility index (Phi) is 4.60. The molecule has 2 heterocycles. The Morgan fingerprint density at radius 1 is 1.38 bits per heavy atom. The second-order valence-electron chi connectivity index (χ2n) is 7.84. The number of hydrogen-bond donors (Lipinski definition) is 2. The normalized spacial score (nSPS) is 29.5. The number of halogens is 3. The predicted octanol–water partition coefficient (Wildman–Crippen LogP) is 3.67. The number of nitrogens with zero attached hydrogens (tertiary/aromatic N) is 3. The van der Waals surface area contributed by atoms with E-state index in [1.807, 2.05) is 20.8 Å². The summed E-state index contributed by atoms with van der Waals surface area (Å²) in [4.78, 5) is 4.04. The minimum atomic E-state index is -4.89. The van der Waals surface area contributed by atoms with Gasteiger partial charge in [-0.25, -0.2) is 4.98 Å². The molecule has 0 amide bonds. The summed E-state index contributed by atoms with van der Waals surface area (Å²) in [6, 6.07) is 0. The second-order valence-corrected chi connectivity index (χ2v) is 9.12. The summed E-state index contributed by atoms with van der Waals surface area (Å²) in [6.45, 7) is 5.94. The largest absolute Gasteiger partial charge is 0.439 e. The van der Waals surface area contributed by atoms with Gasteiger partial charge >= 0.3 is 6.18 Å². The number of rotatable bonds is 2. The number of hydrazone groups is 1. The highest BCUT2D eigenvalue weighted by Gasteiger charge is 2.69. The zero-order valence-electron chi connectivity index (χ0n) is 14.7. The third kappa shape index (κ3) is 2.91. The lowest BCUT2D eigenvalue weighted by Crippen LogP contribution is -2.61. The summed E-state index contributed by atoms with van der Waals surface area (Å²) < 4.78 is 42.0. The van der Waals surface area contributed by atoms with Gasteiger partial charge in [0.2, 0.25) is 5.13 Å². The van der Waals surface area contributed by atoms with Gasteiger partial charge in [-0.05, 0) is 18.3 Å². The monoisotopic (exact) mass is 406 g/mol. The van der Waals surface area contributed by atoms with Crippen molar-refractivity contribution in [2.75, 3.05) is 5.01 Å². The van der Waals surface area contributed by atoms with Crippen molar-refractivity contribution >= 4 is 39.4 Å². The highest BCUT2D eigenvalue weighted by atomic mass is 32.1. The van der Waals surface area contributed by atoms with Crippen LogP contribution in [0, 0.1) is 17.3 Å². The molecule has 1 fully saturated rings. The van der Waals surface area contributed by atoms with Gasteiger partial charge in [-0.3, -0.25) is 0 Å². The van der Waals surface area contributed by atoms with E-state index in [0.29, 0.717) is 17.1 Å². The summed E-state index contributed by atoms with van der Waals surface area (Å²) in [5, 5.41) is 17.2. The van der Waals surface area contributed by atoms with Crippen molar-refractivity contribution in [3.8, 4) is 0 Å². The van der Waals surface area contributed by atoms with E-state index in [1.54, 1.807) is 0 Å². The molecule has 1 aliphatic carbocycles. The molecule has 0 bridgehead atoms. The molecular weight excluding hydrogens is 385 g/mol. The van der Waals surface area contributed by atoms with Gasteiger partial charge in [0, 0.05) is 11.3 Å². The van der Waals surface area contributed by atoms with E-state index < -0.39 is 17.8 Å². The fourth-order valence-corrected chi connectivity index (χ4v) is 4.82. The zero-order valence-corrected chi connectivity index (χ0v) is 16.3. The van der Waals surface area contributed by atoms with Crippen LogP contribution < -0.4 is 10.7 Å². The Balaban J connectivity index is 2.13. The number of aromatic nitrogens is 1. The first kappa shape index (κ1) is 19.5. The van der Waals surface area contributed by atoms with Crippen LogP contribution in [0.5, 0.6) is 0 Å². The molecule has 1 saturated carbocycles. The van der Waals surface area contributed by atoms with E-state index in [2.05, 4.69) is 10.1 Å². The second kappa shape index (κ2) is 6.13. The standard InChI is InChI=1S/C16H21F3N4OS2/c1-14(2,3)8-5-4-6-9-11(8)22-23(15(9,24)16(17,18)19)13-21-10(7-26-13)12(20)25/h7-9,24H,4-6H2,1-3H3,(H2,20,25)/t8-,9-,15-/m1/s1. The number of anilines is 1. The Labute approximate surface area is 159 Å². The molecule has 10 heteroatoms. The lowest BCUT2D eigenvalue weighted by Gasteiger charge is -2.41. The SMILES string of the molecule is CC(C)(C)[C@@H]1CCC[C@@H]2C1=NN(c1nc(C(N)=S)cs1)[C@]2(O)C(F)(F)F. The van der Waals surface area contributed by atoms with Gasteiger partial charge in [0.25, 0.3) is 5.72 Å². The molecule has 0 unspecified atom stereocenters. The molecule has 0 spiro atoms. The zero-order chi connectivity index (χ0) is 19.5. The highest BCUT2D eigenvalue weighted by molar-refractivity contribution is 7.80. The first-order valence-corrected chi connectivity index (χ1v) is 9.59. The molecular formula is C16H21F3N4OS2. The van der Waals surface area contributed by atoms with Gasteiger partial charge in [-0.1, -0.05) is 39.4 Å². The maximum atomic E-state index is 14.0. The van der Waals surface area contributed by atoms with E-state index in [9.17, 15) is 18.3 Å². The molecule has 0 saturated heterocycles. The molecule has 2 aliphatic rings. The molecule has 3 N–H and O–H groups in total. The maximum absolute atomic E-state index is 14.0. The number of thiocarbonyl (C=S) groups is 1. The number of aliphatic hydroxyl groups is 1. The van der Waals surface area contributed by atoms with E-state index >= 15 is 0 Å². The van der Waals surface area contributed by atoms with E-state index in [0.717, 1.165) is 17.8 Å². The van der Waals surface area contributed by atoms with E-state index in [4.69, 9.17) is 18.0 Å². The Hall–Kier alpha value is -1.26. The number of fused-ring (bicyclic) bond motifs is 1. The van der Waals surface area contributed by atoms with Crippen molar-refractivity contribution in [3.63, 3.8) is 0 Å². The molecule has 0 aromatic carbocycles. The minimum absolute atomic E-state index is 0.0140. The van der Waals surface area contributed by atoms with Gasteiger partial charge in [0.1, 0.15) is 10.7 Å². The third-order valence-corrected chi connectivity index (χ3v) is 6.14. The quantitative estimate of drug-likeness (QED) is 0.733. The highest BCUT2D eigenvalue weighted by Crippen LogP contribution is 2.53. The van der Waals surface area contributed by atoms with Crippen molar-refractivity contribution in [1.29, 1.82) is 0 Å². The van der Waals surface area contributed by atoms with Crippen LogP contribution in [-0.4, -0.2) is 32.7 Å². The predicted molar refractivity (Wildman–Crippen MR) is 99.2 cm³/mol. The molecule has 1 aromatic rings. The lowest BCUT2D eigenvalue weighted by molar-refractivity contribution is -0.269. The Morgan fingerprint density at radius 2 is 2.04 bits per heavy atom. The van der Waals surface area contributed by atoms with Crippen LogP contribution in [0.3, 0.4) is 0 Å². The topological polar surface area (TPSA) is 74.7 Å². The number of alkyl halides is 3. The van der Waals surface area contributed by atoms with Crippen molar-refractivity contribution < 1.29 is 18.3 Å². The lowest BCUT2D eigenvalue weighted by atomic mass is 9.66. The van der Waals surface area contributed by atoms with Gasteiger partial charge in [-0.15, -0.1) is 11.3 Å². The first-order valence-electron chi connectivity index (χ1n) is 8.30. The summed E-state index contributed by atoms with van der Waals surface area (Å²) in [5.41, 5.74) is 2.75. The Morgan fingerprint density at radius 3 is 2.54 bits per heavy atom. The van der Waals surface area contributed by atoms with Crippen LogP contribution in [0.15, 0.2) is 10.5 Å². The summed E-state index contributed by atoms with van der Waals surface area (Å²) >= 11 is 5.76. The molecule has 26 heavy (non-hydrogen) atoms. The fraction of sp³-hybridized carbons (Fsp3) is 0.688. The number of hydrogen-bond acceptors (Lipinski definition) is 6.